The first-order valence-corrected chi connectivity index (χ1v) is 5.97. The van der Waals surface area contributed by atoms with E-state index in [1.54, 1.807) is 0 Å². The van der Waals surface area contributed by atoms with Crippen LogP contribution < -0.4 is 5.73 Å². The molecule has 1 fully saturated rings. The molecule has 76 valence electrons. The normalized spacial score (nSPS) is 19.9. The van der Waals surface area contributed by atoms with Gasteiger partial charge in [-0.25, -0.2) is 0 Å². The van der Waals surface area contributed by atoms with Gasteiger partial charge in [-0.05, 0) is 37.0 Å². The first-order valence-electron chi connectivity index (χ1n) is 5.17. The van der Waals surface area contributed by atoms with Gasteiger partial charge in [-0.2, -0.15) is 0 Å². The zero-order chi connectivity index (χ0) is 10.2. The van der Waals surface area contributed by atoms with Crippen LogP contribution in [0.3, 0.4) is 0 Å². The van der Waals surface area contributed by atoms with Crippen LogP contribution in [-0.2, 0) is 5.54 Å². The number of halogens is 1. The molecule has 14 heavy (non-hydrogen) atoms. The number of rotatable bonds is 1. The summed E-state index contributed by atoms with van der Waals surface area (Å²) in [6, 6.07) is 6.48. The second-order valence-electron chi connectivity index (χ2n) is 4.33. The van der Waals surface area contributed by atoms with E-state index in [4.69, 9.17) is 5.73 Å². The summed E-state index contributed by atoms with van der Waals surface area (Å²) in [6.07, 6.45) is 4.80. The fourth-order valence-electron chi connectivity index (χ4n) is 2.25. The Bertz CT molecular complexity index is 340. The smallest absolute Gasteiger partial charge is 0.0409 e. The molecule has 1 nitrogen and oxygen atoms in total. The standard InChI is InChI=1S/C12H16BrN/c1-9-8-10(4-5-11(9)13)12(14)6-2-3-7-12/h4-5,8H,2-3,6-7,14H2,1H3. The molecule has 0 saturated heterocycles. The quantitative estimate of drug-likeness (QED) is 0.815. The number of nitrogens with two attached hydrogens (primary N) is 1. The molecule has 2 rings (SSSR count). The van der Waals surface area contributed by atoms with Crippen LogP contribution in [-0.4, -0.2) is 0 Å². The number of benzene rings is 1. The zero-order valence-electron chi connectivity index (χ0n) is 8.52. The van der Waals surface area contributed by atoms with Crippen molar-refractivity contribution in [3.8, 4) is 0 Å². The van der Waals surface area contributed by atoms with Crippen molar-refractivity contribution in [2.75, 3.05) is 0 Å². The molecule has 0 aromatic heterocycles. The van der Waals surface area contributed by atoms with Gasteiger partial charge in [0.1, 0.15) is 0 Å². The molecule has 0 atom stereocenters. The molecule has 1 aromatic rings. The SMILES string of the molecule is Cc1cc(C2(N)CCCC2)ccc1Br. The van der Waals surface area contributed by atoms with Crippen molar-refractivity contribution >= 4 is 15.9 Å². The summed E-state index contributed by atoms with van der Waals surface area (Å²) in [4.78, 5) is 0. The van der Waals surface area contributed by atoms with Crippen molar-refractivity contribution in [1.29, 1.82) is 0 Å². The second-order valence-corrected chi connectivity index (χ2v) is 5.18. The predicted molar refractivity (Wildman–Crippen MR) is 63.2 cm³/mol. The van der Waals surface area contributed by atoms with Crippen molar-refractivity contribution in [1.82, 2.24) is 0 Å². The van der Waals surface area contributed by atoms with E-state index in [-0.39, 0.29) is 5.54 Å². The van der Waals surface area contributed by atoms with Gasteiger partial charge in [0, 0.05) is 10.0 Å². The first kappa shape index (κ1) is 10.2. The highest BCUT2D eigenvalue weighted by molar-refractivity contribution is 9.10. The number of hydrogen-bond acceptors (Lipinski definition) is 1. The topological polar surface area (TPSA) is 26.0 Å². The zero-order valence-corrected chi connectivity index (χ0v) is 10.1. The Kier molecular flexibility index (Phi) is 2.67. The van der Waals surface area contributed by atoms with Crippen LogP contribution in [0, 0.1) is 6.92 Å². The van der Waals surface area contributed by atoms with Crippen LogP contribution in [0.5, 0.6) is 0 Å². The highest BCUT2D eigenvalue weighted by Gasteiger charge is 2.31. The summed E-state index contributed by atoms with van der Waals surface area (Å²) >= 11 is 3.51. The summed E-state index contributed by atoms with van der Waals surface area (Å²) in [6.45, 7) is 2.12. The van der Waals surface area contributed by atoms with Crippen LogP contribution >= 0.6 is 15.9 Å². The Hall–Kier alpha value is -0.340. The lowest BCUT2D eigenvalue weighted by atomic mass is 9.89. The Morgan fingerprint density at radius 3 is 2.50 bits per heavy atom. The average molecular weight is 254 g/mol. The van der Waals surface area contributed by atoms with Crippen LogP contribution in [0.2, 0.25) is 0 Å². The molecule has 2 heteroatoms. The Balaban J connectivity index is 2.36. The van der Waals surface area contributed by atoms with E-state index < -0.39 is 0 Å². The van der Waals surface area contributed by atoms with Gasteiger partial charge in [-0.15, -0.1) is 0 Å². The molecule has 0 amide bonds. The monoisotopic (exact) mass is 253 g/mol. The molecular weight excluding hydrogens is 238 g/mol. The molecule has 1 saturated carbocycles. The lowest BCUT2D eigenvalue weighted by molar-refractivity contribution is 0.461. The van der Waals surface area contributed by atoms with Crippen LogP contribution in [0.1, 0.15) is 36.8 Å². The summed E-state index contributed by atoms with van der Waals surface area (Å²) in [5, 5.41) is 0. The van der Waals surface area contributed by atoms with E-state index in [1.165, 1.54) is 28.4 Å². The third-order valence-corrected chi connectivity index (χ3v) is 4.12. The minimum atomic E-state index is -0.0501. The Labute approximate surface area is 93.8 Å². The molecule has 1 aromatic carbocycles. The highest BCUT2D eigenvalue weighted by atomic mass is 79.9. The first-order chi connectivity index (χ1) is 6.62. The third kappa shape index (κ3) is 1.73. The van der Waals surface area contributed by atoms with Crippen molar-refractivity contribution in [2.45, 2.75) is 38.1 Å². The van der Waals surface area contributed by atoms with Crippen molar-refractivity contribution in [3.63, 3.8) is 0 Å². The van der Waals surface area contributed by atoms with Gasteiger partial charge in [0.2, 0.25) is 0 Å². The molecule has 1 aliphatic carbocycles. The molecule has 0 spiro atoms. The minimum absolute atomic E-state index is 0.0501. The van der Waals surface area contributed by atoms with E-state index in [1.807, 2.05) is 0 Å². The fraction of sp³-hybridized carbons (Fsp3) is 0.500. The van der Waals surface area contributed by atoms with Gasteiger partial charge in [-0.3, -0.25) is 0 Å². The van der Waals surface area contributed by atoms with Gasteiger partial charge < -0.3 is 5.73 Å². The number of aryl methyl sites for hydroxylation is 1. The van der Waals surface area contributed by atoms with E-state index >= 15 is 0 Å². The summed E-state index contributed by atoms with van der Waals surface area (Å²) in [7, 11) is 0. The van der Waals surface area contributed by atoms with Gasteiger partial charge in [0.25, 0.3) is 0 Å². The predicted octanol–water partition coefficient (Wildman–Crippen LogP) is 3.49. The molecule has 0 radical (unpaired) electrons. The Morgan fingerprint density at radius 2 is 1.93 bits per heavy atom. The van der Waals surface area contributed by atoms with Crippen molar-refractivity contribution < 1.29 is 0 Å². The van der Waals surface area contributed by atoms with E-state index in [2.05, 4.69) is 41.1 Å². The maximum atomic E-state index is 6.38. The average Bonchev–Trinajstić information content (AvgIpc) is 2.58. The van der Waals surface area contributed by atoms with Crippen LogP contribution in [0.25, 0.3) is 0 Å². The fourth-order valence-corrected chi connectivity index (χ4v) is 2.50. The van der Waals surface area contributed by atoms with E-state index in [9.17, 15) is 0 Å². The molecule has 2 N–H and O–H groups in total. The summed E-state index contributed by atoms with van der Waals surface area (Å²) in [5.74, 6) is 0. The van der Waals surface area contributed by atoms with Gasteiger partial charge in [-0.1, -0.05) is 40.9 Å². The van der Waals surface area contributed by atoms with Crippen LogP contribution in [0.4, 0.5) is 0 Å². The lowest BCUT2D eigenvalue weighted by Crippen LogP contribution is -2.33. The van der Waals surface area contributed by atoms with Gasteiger partial charge in [0.05, 0.1) is 0 Å². The molecule has 0 unspecified atom stereocenters. The molecule has 0 aliphatic heterocycles. The number of hydrogen-bond donors (Lipinski definition) is 1. The maximum Gasteiger partial charge on any atom is 0.0409 e. The van der Waals surface area contributed by atoms with E-state index in [0.717, 1.165) is 12.8 Å². The maximum absolute atomic E-state index is 6.38. The van der Waals surface area contributed by atoms with Crippen molar-refractivity contribution in [3.05, 3.63) is 33.8 Å². The minimum Gasteiger partial charge on any atom is -0.321 e. The highest BCUT2D eigenvalue weighted by Crippen LogP contribution is 2.37. The third-order valence-electron chi connectivity index (χ3n) is 3.23. The Morgan fingerprint density at radius 1 is 1.29 bits per heavy atom. The van der Waals surface area contributed by atoms with Crippen LogP contribution in [0.15, 0.2) is 22.7 Å². The summed E-state index contributed by atoms with van der Waals surface area (Å²) < 4.78 is 1.17. The van der Waals surface area contributed by atoms with E-state index in [0.29, 0.717) is 0 Å². The molecular formula is C12H16BrN. The second kappa shape index (κ2) is 3.67. The van der Waals surface area contributed by atoms with Gasteiger partial charge in [0.15, 0.2) is 0 Å². The van der Waals surface area contributed by atoms with Gasteiger partial charge >= 0.3 is 0 Å². The molecule has 0 bridgehead atoms. The molecule has 1 aliphatic rings. The molecule has 0 heterocycles. The lowest BCUT2D eigenvalue weighted by Gasteiger charge is -2.24. The largest absolute Gasteiger partial charge is 0.321 e. The summed E-state index contributed by atoms with van der Waals surface area (Å²) in [5.41, 5.74) is 8.91. The van der Waals surface area contributed by atoms with Crippen molar-refractivity contribution in [2.24, 2.45) is 5.73 Å².